The summed E-state index contributed by atoms with van der Waals surface area (Å²) in [4.78, 5) is 18.8. The average molecular weight is 440 g/mol. The van der Waals surface area contributed by atoms with Crippen LogP contribution in [0, 0.1) is 6.92 Å². The highest BCUT2D eigenvalue weighted by atomic mass is 35.5. The van der Waals surface area contributed by atoms with Gasteiger partial charge in [0.15, 0.2) is 0 Å². The van der Waals surface area contributed by atoms with E-state index in [4.69, 9.17) is 11.6 Å². The van der Waals surface area contributed by atoms with Crippen molar-refractivity contribution in [3.8, 4) is 11.4 Å². The first-order chi connectivity index (χ1) is 14.1. The summed E-state index contributed by atoms with van der Waals surface area (Å²) in [6.07, 6.45) is -2.09. The lowest BCUT2D eigenvalue weighted by Crippen LogP contribution is -2.14. The second kappa shape index (κ2) is 8.59. The van der Waals surface area contributed by atoms with Gasteiger partial charge in [0.2, 0.25) is 0 Å². The minimum absolute atomic E-state index is 0.000872. The smallest absolute Gasteiger partial charge is 0.311 e. The molecule has 0 saturated heterocycles. The Labute approximate surface area is 176 Å². The minimum atomic E-state index is -4.47. The second-order valence-corrected chi connectivity index (χ2v) is 7.47. The number of hydrogen-bond donors (Lipinski definition) is 1. The minimum Gasteiger partial charge on any atom is -0.311 e. The van der Waals surface area contributed by atoms with Gasteiger partial charge in [-0.05, 0) is 44.4 Å². The van der Waals surface area contributed by atoms with Gasteiger partial charge in [-0.25, -0.2) is 9.67 Å². The van der Waals surface area contributed by atoms with Gasteiger partial charge in [-0.1, -0.05) is 36.2 Å². The number of benzene rings is 1. The highest BCUT2D eigenvalue weighted by Gasteiger charge is 2.31. The van der Waals surface area contributed by atoms with E-state index in [0.29, 0.717) is 29.2 Å². The van der Waals surface area contributed by atoms with Crippen molar-refractivity contribution in [2.45, 2.75) is 52.3 Å². The molecule has 0 saturated carbocycles. The summed E-state index contributed by atoms with van der Waals surface area (Å²) in [5, 5.41) is 8.46. The summed E-state index contributed by atoms with van der Waals surface area (Å²) in [6, 6.07) is 4.17. The van der Waals surface area contributed by atoms with Crippen LogP contribution in [0.4, 0.5) is 13.2 Å². The summed E-state index contributed by atoms with van der Waals surface area (Å²) in [5.74, 6) is 0.451. The fraction of sp³-hybridized carbons (Fsp3) is 0.400. The van der Waals surface area contributed by atoms with Crippen LogP contribution < -0.4 is 5.56 Å². The molecule has 0 bridgehead atoms. The lowest BCUT2D eigenvalue weighted by Gasteiger charge is -2.18. The molecule has 3 aromatic rings. The Kier molecular flexibility index (Phi) is 6.30. The molecule has 0 fully saturated rings. The number of unbranched alkanes of at least 4 members (excludes halogenated alkanes) is 1. The van der Waals surface area contributed by atoms with Crippen molar-refractivity contribution < 1.29 is 13.2 Å². The number of aromatic nitrogens is 5. The van der Waals surface area contributed by atoms with E-state index in [2.05, 4.69) is 20.3 Å². The largest absolute Gasteiger partial charge is 0.416 e. The predicted octanol–water partition coefficient (Wildman–Crippen LogP) is 4.96. The summed E-state index contributed by atoms with van der Waals surface area (Å²) in [6.45, 7) is 5.50. The average Bonchev–Trinajstić information content (AvgIpc) is 3.08. The summed E-state index contributed by atoms with van der Waals surface area (Å²) in [7, 11) is 0. The van der Waals surface area contributed by atoms with E-state index in [9.17, 15) is 18.0 Å². The van der Waals surface area contributed by atoms with Crippen LogP contribution in [0.2, 0.25) is 5.02 Å². The van der Waals surface area contributed by atoms with Crippen molar-refractivity contribution in [3.63, 3.8) is 0 Å². The van der Waals surface area contributed by atoms with Gasteiger partial charge in [0.1, 0.15) is 17.2 Å². The van der Waals surface area contributed by atoms with Gasteiger partial charge < -0.3 is 4.98 Å². The molecule has 0 aliphatic rings. The number of aromatic amines is 1. The molecule has 1 unspecified atom stereocenters. The van der Waals surface area contributed by atoms with Crippen molar-refractivity contribution in [2.75, 3.05) is 0 Å². The molecule has 0 aliphatic heterocycles. The number of H-pyrrole nitrogens is 1. The number of nitrogens with zero attached hydrogens (tertiary/aromatic N) is 4. The molecule has 0 spiro atoms. The van der Waals surface area contributed by atoms with Gasteiger partial charge in [-0.15, -0.1) is 5.10 Å². The van der Waals surface area contributed by atoms with Crippen LogP contribution in [0.5, 0.6) is 0 Å². The third-order valence-electron chi connectivity index (χ3n) is 4.81. The molecule has 0 amide bonds. The van der Waals surface area contributed by atoms with Gasteiger partial charge >= 0.3 is 6.18 Å². The maximum Gasteiger partial charge on any atom is 0.416 e. The fourth-order valence-electron chi connectivity index (χ4n) is 3.28. The molecule has 2 heterocycles. The van der Waals surface area contributed by atoms with E-state index >= 15 is 0 Å². The van der Waals surface area contributed by atoms with Gasteiger partial charge in [-0.2, -0.15) is 13.2 Å². The van der Waals surface area contributed by atoms with Crippen LogP contribution in [0.3, 0.4) is 0 Å². The zero-order valence-electron chi connectivity index (χ0n) is 16.7. The first-order valence-electron chi connectivity index (χ1n) is 9.50. The quantitative estimate of drug-likeness (QED) is 0.589. The predicted molar refractivity (Wildman–Crippen MR) is 107 cm³/mol. The van der Waals surface area contributed by atoms with Gasteiger partial charge in [0.25, 0.3) is 5.56 Å². The number of halogens is 4. The van der Waals surface area contributed by atoms with Crippen molar-refractivity contribution in [3.05, 3.63) is 62.3 Å². The molecular formula is C20H21ClF3N5O. The molecule has 0 aliphatic carbocycles. The number of nitrogens with one attached hydrogen (secondary N) is 1. The first kappa shape index (κ1) is 22.0. The van der Waals surface area contributed by atoms with Crippen molar-refractivity contribution in [1.29, 1.82) is 0 Å². The monoisotopic (exact) mass is 439 g/mol. The summed E-state index contributed by atoms with van der Waals surface area (Å²) >= 11 is 6.18. The van der Waals surface area contributed by atoms with Gasteiger partial charge in [-0.3, -0.25) is 4.79 Å². The van der Waals surface area contributed by atoms with Crippen molar-refractivity contribution in [2.24, 2.45) is 0 Å². The van der Waals surface area contributed by atoms with E-state index in [1.54, 1.807) is 18.5 Å². The normalized spacial score (nSPS) is 12.9. The molecule has 1 N–H and O–H groups in total. The zero-order chi connectivity index (χ0) is 22.1. The van der Waals surface area contributed by atoms with E-state index in [1.165, 1.54) is 12.1 Å². The van der Waals surface area contributed by atoms with E-state index in [0.717, 1.165) is 30.7 Å². The van der Waals surface area contributed by atoms with Crippen molar-refractivity contribution in [1.82, 2.24) is 25.0 Å². The lowest BCUT2D eigenvalue weighted by molar-refractivity contribution is -0.137. The van der Waals surface area contributed by atoms with E-state index in [1.807, 2.05) is 6.92 Å². The van der Waals surface area contributed by atoms with Crippen molar-refractivity contribution >= 4 is 11.6 Å². The number of hydrogen-bond acceptors (Lipinski definition) is 4. The third-order valence-corrected chi connectivity index (χ3v) is 5.13. The SMILES string of the molecule is CCCCc1c(-c2cc(=O)[nH]c(C)n2)nnn1C(C)c1ccc(C(F)(F)F)cc1Cl. The van der Waals surface area contributed by atoms with Crippen LogP contribution in [-0.4, -0.2) is 25.0 Å². The van der Waals surface area contributed by atoms with Crippen LogP contribution in [0.1, 0.15) is 55.4 Å². The van der Waals surface area contributed by atoms with Crippen LogP contribution in [-0.2, 0) is 12.6 Å². The number of alkyl halides is 3. The summed E-state index contributed by atoms with van der Waals surface area (Å²) in [5.41, 5.74) is 1.02. The highest BCUT2D eigenvalue weighted by Crippen LogP contribution is 2.35. The van der Waals surface area contributed by atoms with E-state index in [-0.39, 0.29) is 10.6 Å². The third kappa shape index (κ3) is 4.56. The Balaban J connectivity index is 2.07. The second-order valence-electron chi connectivity index (χ2n) is 7.06. The molecule has 6 nitrogen and oxygen atoms in total. The molecule has 3 rings (SSSR count). The molecule has 160 valence electrons. The number of rotatable bonds is 6. The molecule has 30 heavy (non-hydrogen) atoms. The molecular weight excluding hydrogens is 419 g/mol. The Morgan fingerprint density at radius 3 is 2.60 bits per heavy atom. The fourth-order valence-corrected chi connectivity index (χ4v) is 3.61. The first-order valence-corrected chi connectivity index (χ1v) is 9.88. The maximum absolute atomic E-state index is 13.0. The molecule has 1 atom stereocenters. The van der Waals surface area contributed by atoms with Crippen LogP contribution in [0.15, 0.2) is 29.1 Å². The molecule has 1 aromatic carbocycles. The van der Waals surface area contributed by atoms with Gasteiger partial charge in [0, 0.05) is 11.1 Å². The summed E-state index contributed by atoms with van der Waals surface area (Å²) < 4.78 is 40.5. The molecule has 0 radical (unpaired) electrons. The Morgan fingerprint density at radius 1 is 1.27 bits per heavy atom. The Hall–Kier alpha value is -2.68. The van der Waals surface area contributed by atoms with Crippen LogP contribution >= 0.6 is 11.6 Å². The Morgan fingerprint density at radius 2 is 2.00 bits per heavy atom. The highest BCUT2D eigenvalue weighted by molar-refractivity contribution is 6.31. The maximum atomic E-state index is 13.0. The number of aryl methyl sites for hydroxylation is 1. The standard InChI is InChI=1S/C20H21ClF3N5O/c1-4-5-6-17-19(16-10-18(30)26-12(3)25-16)27-28-29(17)11(2)14-8-7-13(9-15(14)21)20(22,23)24/h7-11H,4-6H2,1-3H3,(H,25,26,30). The van der Waals surface area contributed by atoms with E-state index < -0.39 is 17.8 Å². The Bertz CT molecular complexity index is 1110. The lowest BCUT2D eigenvalue weighted by atomic mass is 10.0. The molecule has 2 aromatic heterocycles. The van der Waals surface area contributed by atoms with Crippen LogP contribution in [0.25, 0.3) is 11.4 Å². The topological polar surface area (TPSA) is 76.5 Å². The van der Waals surface area contributed by atoms with Gasteiger partial charge in [0.05, 0.1) is 17.3 Å². The molecule has 10 heteroatoms. The zero-order valence-corrected chi connectivity index (χ0v) is 17.5.